The zero-order valence-corrected chi connectivity index (χ0v) is 10.4. The number of halogens is 2. The maximum Gasteiger partial charge on any atom is 0.248 e. The van der Waals surface area contributed by atoms with Gasteiger partial charge in [0.2, 0.25) is 5.91 Å². The Morgan fingerprint density at radius 1 is 1.81 bits per heavy atom. The van der Waals surface area contributed by atoms with E-state index >= 15 is 0 Å². The summed E-state index contributed by atoms with van der Waals surface area (Å²) in [6.07, 6.45) is 4.00. The van der Waals surface area contributed by atoms with Gasteiger partial charge in [-0.25, -0.2) is 4.99 Å². The zero-order chi connectivity index (χ0) is 12.2. The van der Waals surface area contributed by atoms with Crippen LogP contribution < -0.4 is 5.32 Å². The van der Waals surface area contributed by atoms with Crippen LogP contribution in [-0.4, -0.2) is 33.7 Å². The molecule has 0 saturated heterocycles. The molecule has 1 heterocycles. The highest BCUT2D eigenvalue weighted by Gasteiger charge is 2.41. The Hall–Kier alpha value is -0.580. The molecule has 0 aromatic carbocycles. The molecule has 4 nitrogen and oxygen atoms in total. The second-order valence-corrected chi connectivity index (χ2v) is 4.70. The molecule has 1 rings (SSSR count). The van der Waals surface area contributed by atoms with E-state index in [9.17, 15) is 4.79 Å². The first-order valence-corrected chi connectivity index (χ1v) is 5.76. The number of hydrogen-bond donors (Lipinski definition) is 2. The Balaban J connectivity index is 2.66. The van der Waals surface area contributed by atoms with Gasteiger partial charge < -0.3 is 10.4 Å². The van der Waals surface area contributed by atoms with Crippen molar-refractivity contribution in [3.8, 4) is 0 Å². The quantitative estimate of drug-likeness (QED) is 0.755. The monoisotopic (exact) mass is 264 g/mol. The molecule has 2 N–H and O–H groups in total. The molecule has 2 atom stereocenters. The number of rotatable bonds is 4. The van der Waals surface area contributed by atoms with Crippen molar-refractivity contribution in [2.24, 2.45) is 4.99 Å². The number of amides is 1. The van der Waals surface area contributed by atoms with Crippen molar-refractivity contribution in [2.45, 2.75) is 30.7 Å². The molecule has 1 aliphatic heterocycles. The summed E-state index contributed by atoms with van der Waals surface area (Å²) >= 11 is 12.0. The van der Waals surface area contributed by atoms with E-state index in [1.165, 1.54) is 6.20 Å². The predicted molar refractivity (Wildman–Crippen MR) is 64.9 cm³/mol. The second kappa shape index (κ2) is 5.66. The van der Waals surface area contributed by atoms with Crippen LogP contribution in [0.1, 0.15) is 19.8 Å². The molecular formula is C10H14Cl2N2O2. The first-order chi connectivity index (χ1) is 7.50. The summed E-state index contributed by atoms with van der Waals surface area (Å²) in [5, 5.41) is 11.5. The molecule has 2 unspecified atom stereocenters. The number of aliphatic hydroxyl groups is 1. The van der Waals surface area contributed by atoms with E-state index < -0.39 is 4.87 Å². The Morgan fingerprint density at radius 2 is 2.50 bits per heavy atom. The minimum atomic E-state index is -1.31. The number of aliphatic hydroxyl groups excluding tert-OH is 1. The lowest BCUT2D eigenvalue weighted by Crippen LogP contribution is -2.50. The lowest BCUT2D eigenvalue weighted by molar-refractivity contribution is -0.122. The summed E-state index contributed by atoms with van der Waals surface area (Å²) in [6, 6.07) is -0.150. The van der Waals surface area contributed by atoms with Crippen molar-refractivity contribution in [3.63, 3.8) is 0 Å². The Labute approximate surface area is 104 Å². The molecule has 16 heavy (non-hydrogen) atoms. The van der Waals surface area contributed by atoms with Crippen molar-refractivity contribution in [2.75, 3.05) is 6.61 Å². The molecule has 0 aromatic rings. The van der Waals surface area contributed by atoms with Crippen LogP contribution in [0.3, 0.4) is 0 Å². The highest BCUT2D eigenvalue weighted by atomic mass is 35.5. The summed E-state index contributed by atoms with van der Waals surface area (Å²) < 4.78 is 0. The fourth-order valence-corrected chi connectivity index (χ4v) is 1.72. The van der Waals surface area contributed by atoms with Gasteiger partial charge in [0.25, 0.3) is 0 Å². The third-order valence-electron chi connectivity index (χ3n) is 2.32. The van der Waals surface area contributed by atoms with Crippen molar-refractivity contribution in [3.05, 3.63) is 12.3 Å². The van der Waals surface area contributed by atoms with E-state index in [2.05, 4.69) is 10.3 Å². The number of carbonyl (C=O) groups is 1. The number of nitrogens with one attached hydrogen (secondary N) is 1. The van der Waals surface area contributed by atoms with Crippen LogP contribution in [0.5, 0.6) is 0 Å². The molecule has 1 aliphatic rings. The minimum Gasteiger partial charge on any atom is -0.396 e. The molecular weight excluding hydrogens is 251 g/mol. The highest BCUT2D eigenvalue weighted by molar-refractivity contribution is 6.76. The Morgan fingerprint density at radius 3 is 3.06 bits per heavy atom. The molecule has 0 aromatic heterocycles. The average Bonchev–Trinajstić information content (AvgIpc) is 2.22. The largest absolute Gasteiger partial charge is 0.396 e. The number of carbonyl (C=O) groups excluding carboxylic acids is 1. The molecule has 0 bridgehead atoms. The number of allylic oxidation sites excluding steroid dienone is 1. The molecule has 90 valence electrons. The topological polar surface area (TPSA) is 61.7 Å². The molecule has 6 heteroatoms. The second-order valence-electron chi connectivity index (χ2n) is 3.70. The van der Waals surface area contributed by atoms with Crippen LogP contribution >= 0.6 is 23.2 Å². The third kappa shape index (κ3) is 2.97. The van der Waals surface area contributed by atoms with Gasteiger partial charge in [-0.05, 0) is 13.3 Å². The lowest BCUT2D eigenvalue weighted by atomic mass is 10.0. The van der Waals surface area contributed by atoms with E-state index in [1.807, 2.05) is 0 Å². The number of aliphatic imine (C=N–C) groups is 1. The van der Waals surface area contributed by atoms with Gasteiger partial charge in [0.05, 0.1) is 0 Å². The van der Waals surface area contributed by atoms with E-state index in [0.29, 0.717) is 12.8 Å². The summed E-state index contributed by atoms with van der Waals surface area (Å²) in [7, 11) is 0. The smallest absolute Gasteiger partial charge is 0.248 e. The van der Waals surface area contributed by atoms with Crippen LogP contribution in [0, 0.1) is 0 Å². The SMILES string of the molecule is CC(CCO)NC(=O)C1(Cl)CC=CN=C1Cl. The van der Waals surface area contributed by atoms with Crippen LogP contribution in [0.25, 0.3) is 0 Å². The number of hydrogen-bond acceptors (Lipinski definition) is 3. The fraction of sp³-hybridized carbons (Fsp3) is 0.600. The van der Waals surface area contributed by atoms with Crippen molar-refractivity contribution < 1.29 is 9.90 Å². The maximum atomic E-state index is 11.9. The first-order valence-electron chi connectivity index (χ1n) is 5.00. The van der Waals surface area contributed by atoms with E-state index in [1.54, 1.807) is 13.0 Å². The van der Waals surface area contributed by atoms with Crippen LogP contribution in [-0.2, 0) is 4.79 Å². The molecule has 1 amide bonds. The minimum absolute atomic E-state index is 0.0124. The Bertz CT molecular complexity index is 331. The van der Waals surface area contributed by atoms with Gasteiger partial charge in [-0.1, -0.05) is 17.7 Å². The average molecular weight is 265 g/mol. The van der Waals surface area contributed by atoms with Gasteiger partial charge >= 0.3 is 0 Å². The van der Waals surface area contributed by atoms with Crippen molar-refractivity contribution in [1.82, 2.24) is 5.32 Å². The number of alkyl halides is 1. The van der Waals surface area contributed by atoms with Gasteiger partial charge in [0.15, 0.2) is 4.87 Å². The first kappa shape index (κ1) is 13.5. The van der Waals surface area contributed by atoms with Gasteiger partial charge in [-0.3, -0.25) is 4.79 Å². The van der Waals surface area contributed by atoms with Crippen LogP contribution in [0.2, 0.25) is 0 Å². The summed E-state index contributed by atoms with van der Waals surface area (Å²) in [5.41, 5.74) is 0. The van der Waals surface area contributed by atoms with Gasteiger partial charge in [0.1, 0.15) is 5.17 Å². The van der Waals surface area contributed by atoms with Crippen LogP contribution in [0.15, 0.2) is 17.3 Å². The molecule has 0 radical (unpaired) electrons. The van der Waals surface area contributed by atoms with Crippen molar-refractivity contribution >= 4 is 34.3 Å². The zero-order valence-electron chi connectivity index (χ0n) is 8.91. The maximum absolute atomic E-state index is 11.9. The summed E-state index contributed by atoms with van der Waals surface area (Å²) in [4.78, 5) is 14.4. The van der Waals surface area contributed by atoms with Crippen molar-refractivity contribution in [1.29, 1.82) is 0 Å². The van der Waals surface area contributed by atoms with E-state index in [0.717, 1.165) is 0 Å². The highest BCUT2D eigenvalue weighted by Crippen LogP contribution is 2.28. The predicted octanol–water partition coefficient (Wildman–Crippen LogP) is 1.41. The van der Waals surface area contributed by atoms with Crippen LogP contribution in [0.4, 0.5) is 0 Å². The fourth-order valence-electron chi connectivity index (χ4n) is 1.31. The van der Waals surface area contributed by atoms with Gasteiger partial charge in [-0.2, -0.15) is 0 Å². The van der Waals surface area contributed by atoms with Gasteiger partial charge in [0, 0.05) is 25.3 Å². The lowest BCUT2D eigenvalue weighted by Gasteiger charge is -2.26. The molecule has 0 aliphatic carbocycles. The molecule has 0 saturated carbocycles. The standard InChI is InChI=1S/C10H14Cl2N2O2/c1-7(3-6-15)14-9(16)10(12)4-2-5-13-8(10)11/h2,5,7,15H,3-4,6H2,1H3,(H,14,16). The summed E-state index contributed by atoms with van der Waals surface area (Å²) in [6.45, 7) is 1.80. The Kier molecular flexibility index (Phi) is 4.77. The molecule has 0 spiro atoms. The summed E-state index contributed by atoms with van der Waals surface area (Å²) in [5.74, 6) is -0.381. The third-order valence-corrected chi connectivity index (χ3v) is 3.34. The number of nitrogens with zero attached hydrogens (tertiary/aromatic N) is 1. The molecule has 0 fully saturated rings. The normalized spacial score (nSPS) is 26.1. The van der Waals surface area contributed by atoms with E-state index in [-0.39, 0.29) is 23.7 Å². The van der Waals surface area contributed by atoms with Gasteiger partial charge in [-0.15, -0.1) is 11.6 Å². The van der Waals surface area contributed by atoms with E-state index in [4.69, 9.17) is 28.3 Å².